The molecule has 7 heteroatoms. The first-order valence-electron chi connectivity index (χ1n) is 7.15. The van der Waals surface area contributed by atoms with Gasteiger partial charge in [0.15, 0.2) is 0 Å². The highest BCUT2D eigenvalue weighted by Gasteiger charge is 2.23. The maximum atomic E-state index is 11.9. The molecule has 0 unspecified atom stereocenters. The standard InChI is InChI=1S/C16H18N2O5/c1-23-16(22)13(18-14(19)6-7-15(20)21)8-10-9-17-12-5-3-2-4-11(10)12/h2-5,9,13,17H,6-8H2,1H3,(H,18,19)(H,20,21)/t13-/m0/s1. The lowest BCUT2D eigenvalue weighted by molar-refractivity contribution is -0.145. The number of benzene rings is 1. The highest BCUT2D eigenvalue weighted by molar-refractivity contribution is 5.88. The Labute approximate surface area is 132 Å². The quantitative estimate of drug-likeness (QED) is 0.665. The summed E-state index contributed by atoms with van der Waals surface area (Å²) >= 11 is 0. The Morgan fingerprint density at radius 2 is 2.00 bits per heavy atom. The summed E-state index contributed by atoms with van der Waals surface area (Å²) in [4.78, 5) is 37.3. The molecule has 122 valence electrons. The molecule has 0 aliphatic heterocycles. The number of para-hydroxylation sites is 1. The van der Waals surface area contributed by atoms with Crippen LogP contribution in [-0.4, -0.2) is 41.1 Å². The summed E-state index contributed by atoms with van der Waals surface area (Å²) < 4.78 is 4.72. The van der Waals surface area contributed by atoms with E-state index in [0.717, 1.165) is 16.5 Å². The molecule has 23 heavy (non-hydrogen) atoms. The maximum Gasteiger partial charge on any atom is 0.328 e. The molecule has 0 fully saturated rings. The average Bonchev–Trinajstić information content (AvgIpc) is 2.95. The summed E-state index contributed by atoms with van der Waals surface area (Å²) in [6.07, 6.45) is 1.57. The van der Waals surface area contributed by atoms with Crippen LogP contribution in [0.4, 0.5) is 0 Å². The van der Waals surface area contributed by atoms with Gasteiger partial charge in [-0.2, -0.15) is 0 Å². The number of methoxy groups -OCH3 is 1. The monoisotopic (exact) mass is 318 g/mol. The molecule has 0 saturated carbocycles. The van der Waals surface area contributed by atoms with Gasteiger partial charge in [-0.15, -0.1) is 0 Å². The lowest BCUT2D eigenvalue weighted by Crippen LogP contribution is -2.43. The lowest BCUT2D eigenvalue weighted by Gasteiger charge is -2.16. The second-order valence-electron chi connectivity index (χ2n) is 5.10. The van der Waals surface area contributed by atoms with E-state index in [9.17, 15) is 14.4 Å². The summed E-state index contributed by atoms with van der Waals surface area (Å²) in [6, 6.07) is 6.76. The Morgan fingerprint density at radius 1 is 1.26 bits per heavy atom. The van der Waals surface area contributed by atoms with E-state index in [1.165, 1.54) is 7.11 Å². The van der Waals surface area contributed by atoms with Gasteiger partial charge < -0.3 is 20.1 Å². The molecule has 2 aromatic rings. The Morgan fingerprint density at radius 3 is 2.70 bits per heavy atom. The second kappa shape index (κ2) is 7.44. The van der Waals surface area contributed by atoms with Gasteiger partial charge in [-0.05, 0) is 11.6 Å². The normalized spacial score (nSPS) is 11.9. The fraction of sp³-hybridized carbons (Fsp3) is 0.312. The number of carbonyl (C=O) groups excluding carboxylic acids is 2. The Hall–Kier alpha value is -2.83. The number of carbonyl (C=O) groups is 3. The van der Waals surface area contributed by atoms with Crippen molar-refractivity contribution in [2.45, 2.75) is 25.3 Å². The number of aliphatic carboxylic acids is 1. The van der Waals surface area contributed by atoms with Crippen LogP contribution in [0.25, 0.3) is 10.9 Å². The first-order chi connectivity index (χ1) is 11.0. The highest BCUT2D eigenvalue weighted by Crippen LogP contribution is 2.19. The molecule has 2 rings (SSSR count). The number of aromatic amines is 1. The molecule has 1 amide bonds. The number of carboxylic acids is 1. The van der Waals surface area contributed by atoms with Gasteiger partial charge in [0.2, 0.25) is 5.91 Å². The van der Waals surface area contributed by atoms with Crippen LogP contribution in [0, 0.1) is 0 Å². The topological polar surface area (TPSA) is 108 Å². The number of nitrogens with one attached hydrogen (secondary N) is 2. The lowest BCUT2D eigenvalue weighted by atomic mass is 10.0. The zero-order valence-corrected chi connectivity index (χ0v) is 12.7. The summed E-state index contributed by atoms with van der Waals surface area (Å²) in [5.74, 6) is -2.13. The minimum Gasteiger partial charge on any atom is -0.481 e. The fourth-order valence-electron chi connectivity index (χ4n) is 2.34. The van der Waals surface area contributed by atoms with Crippen LogP contribution in [0.3, 0.4) is 0 Å². The minimum absolute atomic E-state index is 0.184. The summed E-state index contributed by atoms with van der Waals surface area (Å²) in [6.45, 7) is 0. The molecule has 7 nitrogen and oxygen atoms in total. The van der Waals surface area contributed by atoms with Crippen molar-refractivity contribution in [1.29, 1.82) is 0 Å². The number of aromatic nitrogens is 1. The number of hydrogen-bond acceptors (Lipinski definition) is 4. The first-order valence-corrected chi connectivity index (χ1v) is 7.15. The Bertz CT molecular complexity index is 722. The van der Waals surface area contributed by atoms with Crippen LogP contribution in [0.15, 0.2) is 30.5 Å². The van der Waals surface area contributed by atoms with E-state index in [0.29, 0.717) is 0 Å². The predicted molar refractivity (Wildman–Crippen MR) is 82.8 cm³/mol. The largest absolute Gasteiger partial charge is 0.481 e. The minimum atomic E-state index is -1.06. The van der Waals surface area contributed by atoms with Crippen molar-refractivity contribution < 1.29 is 24.2 Å². The maximum absolute atomic E-state index is 11.9. The SMILES string of the molecule is COC(=O)[C@H](Cc1c[nH]c2ccccc12)NC(=O)CCC(=O)O. The first kappa shape index (κ1) is 16.5. The van der Waals surface area contributed by atoms with Gasteiger partial charge in [-0.1, -0.05) is 18.2 Å². The average molecular weight is 318 g/mol. The number of rotatable bonds is 7. The molecule has 1 aromatic heterocycles. The second-order valence-corrected chi connectivity index (χ2v) is 5.10. The van der Waals surface area contributed by atoms with E-state index in [2.05, 4.69) is 10.3 Å². The van der Waals surface area contributed by atoms with E-state index in [1.807, 2.05) is 24.3 Å². The van der Waals surface area contributed by atoms with Gasteiger partial charge in [0.25, 0.3) is 0 Å². The van der Waals surface area contributed by atoms with Gasteiger partial charge in [-0.25, -0.2) is 4.79 Å². The summed E-state index contributed by atoms with van der Waals surface area (Å²) in [7, 11) is 1.24. The molecule has 0 aliphatic rings. The van der Waals surface area contributed by atoms with Gasteiger partial charge in [0.1, 0.15) is 6.04 Å². The molecule has 3 N–H and O–H groups in total. The van der Waals surface area contributed by atoms with Crippen molar-refractivity contribution in [1.82, 2.24) is 10.3 Å². The number of fused-ring (bicyclic) bond motifs is 1. The number of ether oxygens (including phenoxy) is 1. The van der Waals surface area contributed by atoms with Crippen LogP contribution in [0.2, 0.25) is 0 Å². The summed E-state index contributed by atoms with van der Waals surface area (Å²) in [5.41, 5.74) is 1.80. The molecule has 0 bridgehead atoms. The van der Waals surface area contributed by atoms with Crippen molar-refractivity contribution in [3.63, 3.8) is 0 Å². The third-order valence-corrected chi connectivity index (χ3v) is 3.49. The Balaban J connectivity index is 2.11. The molecule has 1 atom stereocenters. The molecule has 0 radical (unpaired) electrons. The summed E-state index contributed by atoms with van der Waals surface area (Å²) in [5, 5.41) is 12.1. The van der Waals surface area contributed by atoms with Gasteiger partial charge >= 0.3 is 11.9 Å². The predicted octanol–water partition coefficient (Wildman–Crippen LogP) is 1.23. The smallest absolute Gasteiger partial charge is 0.328 e. The zero-order chi connectivity index (χ0) is 16.8. The van der Waals surface area contributed by atoms with Crippen molar-refractivity contribution in [3.8, 4) is 0 Å². The van der Waals surface area contributed by atoms with Crippen molar-refractivity contribution in [2.75, 3.05) is 7.11 Å². The number of amides is 1. The Kier molecular flexibility index (Phi) is 5.35. The molecule has 1 heterocycles. The van der Waals surface area contributed by atoms with Crippen molar-refractivity contribution >= 4 is 28.7 Å². The van der Waals surface area contributed by atoms with E-state index in [-0.39, 0.29) is 19.3 Å². The molecule has 0 spiro atoms. The fourth-order valence-corrected chi connectivity index (χ4v) is 2.34. The number of H-pyrrole nitrogens is 1. The van der Waals surface area contributed by atoms with E-state index in [4.69, 9.17) is 9.84 Å². The third kappa shape index (κ3) is 4.32. The zero-order valence-electron chi connectivity index (χ0n) is 12.7. The van der Waals surface area contributed by atoms with Crippen LogP contribution in [-0.2, 0) is 25.5 Å². The number of hydrogen-bond donors (Lipinski definition) is 3. The van der Waals surface area contributed by atoms with Crippen LogP contribution < -0.4 is 5.32 Å². The van der Waals surface area contributed by atoms with Crippen LogP contribution in [0.1, 0.15) is 18.4 Å². The van der Waals surface area contributed by atoms with Crippen molar-refractivity contribution in [3.05, 3.63) is 36.0 Å². The van der Waals surface area contributed by atoms with Crippen LogP contribution in [0.5, 0.6) is 0 Å². The van der Waals surface area contributed by atoms with E-state index >= 15 is 0 Å². The molecular weight excluding hydrogens is 300 g/mol. The highest BCUT2D eigenvalue weighted by atomic mass is 16.5. The van der Waals surface area contributed by atoms with Gasteiger partial charge in [-0.3, -0.25) is 9.59 Å². The van der Waals surface area contributed by atoms with Crippen molar-refractivity contribution in [2.24, 2.45) is 0 Å². The number of esters is 1. The van der Waals surface area contributed by atoms with Gasteiger partial charge in [0, 0.05) is 29.9 Å². The van der Waals surface area contributed by atoms with E-state index < -0.39 is 23.9 Å². The molecule has 1 aromatic carbocycles. The van der Waals surface area contributed by atoms with Gasteiger partial charge in [0.05, 0.1) is 13.5 Å². The van der Waals surface area contributed by atoms with E-state index in [1.54, 1.807) is 6.20 Å². The number of carboxylic acid groups (broad SMARTS) is 1. The molecular formula is C16H18N2O5. The molecule has 0 saturated heterocycles. The third-order valence-electron chi connectivity index (χ3n) is 3.49. The molecule has 0 aliphatic carbocycles. The van der Waals surface area contributed by atoms with Crippen LogP contribution >= 0.6 is 0 Å².